The second kappa shape index (κ2) is 5.93. The second-order valence-electron chi connectivity index (χ2n) is 4.21. The zero-order chi connectivity index (χ0) is 12.9. The minimum absolute atomic E-state index is 0.0777. The Kier molecular flexibility index (Phi) is 4.84. The van der Waals surface area contributed by atoms with Gasteiger partial charge in [-0.05, 0) is 27.8 Å². The molecule has 0 amide bonds. The van der Waals surface area contributed by atoms with Gasteiger partial charge in [0.1, 0.15) is 5.69 Å². The average Bonchev–Trinajstić information content (AvgIpc) is 2.30. The molecule has 0 aliphatic rings. The molecule has 0 saturated heterocycles. The van der Waals surface area contributed by atoms with Crippen molar-refractivity contribution < 1.29 is 9.47 Å². The van der Waals surface area contributed by atoms with E-state index in [1.165, 1.54) is 0 Å². The third kappa shape index (κ3) is 3.14. The van der Waals surface area contributed by atoms with Gasteiger partial charge in [-0.25, -0.2) is 4.98 Å². The van der Waals surface area contributed by atoms with E-state index < -0.39 is 0 Å². The third-order valence-corrected chi connectivity index (χ3v) is 2.66. The van der Waals surface area contributed by atoms with Gasteiger partial charge in [0.05, 0.1) is 18.8 Å². The van der Waals surface area contributed by atoms with Crippen molar-refractivity contribution in [2.75, 3.05) is 20.8 Å². The molecule has 1 atom stereocenters. The zero-order valence-corrected chi connectivity index (χ0v) is 11.2. The number of nitrogens with zero attached hydrogens (tertiary/aromatic N) is 2. The zero-order valence-electron chi connectivity index (χ0n) is 11.2. The van der Waals surface area contributed by atoms with Gasteiger partial charge in [-0.15, -0.1) is 0 Å². The van der Waals surface area contributed by atoms with Crippen molar-refractivity contribution in [3.05, 3.63) is 18.1 Å². The van der Waals surface area contributed by atoms with Gasteiger partial charge < -0.3 is 14.8 Å². The van der Waals surface area contributed by atoms with Gasteiger partial charge in [-0.1, -0.05) is 0 Å². The number of rotatable bonds is 6. The van der Waals surface area contributed by atoms with E-state index in [1.54, 1.807) is 19.5 Å². The summed E-state index contributed by atoms with van der Waals surface area (Å²) in [5.41, 5.74) is 0.378. The van der Waals surface area contributed by atoms with Crippen molar-refractivity contribution in [2.24, 2.45) is 0 Å². The molecule has 5 nitrogen and oxygen atoms in total. The lowest BCUT2D eigenvalue weighted by atomic mass is 9.95. The van der Waals surface area contributed by atoms with Crippen LogP contribution in [0.4, 0.5) is 0 Å². The average molecular weight is 239 g/mol. The van der Waals surface area contributed by atoms with Crippen molar-refractivity contribution >= 4 is 0 Å². The molecule has 0 aliphatic carbocycles. The summed E-state index contributed by atoms with van der Waals surface area (Å²) in [6, 6.07) is -0.0777. The number of methoxy groups -OCH3 is 1. The highest BCUT2D eigenvalue weighted by Crippen LogP contribution is 2.31. The topological polar surface area (TPSA) is 56.3 Å². The predicted octanol–water partition coefficient (Wildman–Crippen LogP) is 1.56. The Balaban J connectivity index is 3.08. The summed E-state index contributed by atoms with van der Waals surface area (Å²) in [5.74, 6) is 0.527. The molecule has 0 radical (unpaired) electrons. The van der Waals surface area contributed by atoms with Crippen molar-refractivity contribution in [3.63, 3.8) is 0 Å². The van der Waals surface area contributed by atoms with Gasteiger partial charge in [0, 0.05) is 19.0 Å². The normalized spacial score (nSPS) is 13.5. The van der Waals surface area contributed by atoms with Crippen LogP contribution in [0.5, 0.6) is 5.88 Å². The molecular formula is C12H21N3O2. The largest absolute Gasteiger partial charge is 0.480 e. The first-order valence-electron chi connectivity index (χ1n) is 5.73. The summed E-state index contributed by atoms with van der Waals surface area (Å²) in [6.45, 7) is 6.66. The molecule has 0 bridgehead atoms. The smallest absolute Gasteiger partial charge is 0.237 e. The van der Waals surface area contributed by atoms with Crippen molar-refractivity contribution in [1.29, 1.82) is 0 Å². The molecular weight excluding hydrogens is 218 g/mol. The first-order valence-corrected chi connectivity index (χ1v) is 5.73. The van der Waals surface area contributed by atoms with Crippen LogP contribution in [-0.2, 0) is 4.74 Å². The lowest BCUT2D eigenvalue weighted by Crippen LogP contribution is -2.40. The molecule has 1 heterocycles. The molecule has 0 spiro atoms. The maximum Gasteiger partial charge on any atom is 0.237 e. The predicted molar refractivity (Wildman–Crippen MR) is 66.1 cm³/mol. The quantitative estimate of drug-likeness (QED) is 0.816. The molecule has 1 aromatic heterocycles. The minimum atomic E-state index is -0.382. The first-order chi connectivity index (χ1) is 8.06. The Labute approximate surface area is 103 Å². The summed E-state index contributed by atoms with van der Waals surface area (Å²) in [7, 11) is 3.47. The van der Waals surface area contributed by atoms with E-state index in [9.17, 15) is 0 Å². The number of hydrogen-bond donors (Lipinski definition) is 1. The van der Waals surface area contributed by atoms with Gasteiger partial charge >= 0.3 is 0 Å². The van der Waals surface area contributed by atoms with Crippen LogP contribution < -0.4 is 10.1 Å². The van der Waals surface area contributed by atoms with E-state index in [4.69, 9.17) is 9.47 Å². The molecule has 96 valence electrons. The molecule has 0 aliphatic heterocycles. The van der Waals surface area contributed by atoms with E-state index in [0.717, 1.165) is 5.69 Å². The fourth-order valence-electron chi connectivity index (χ4n) is 1.96. The highest BCUT2D eigenvalue weighted by Gasteiger charge is 2.33. The molecule has 1 aromatic rings. The minimum Gasteiger partial charge on any atom is -0.480 e. The SMILES string of the molecule is CCOC(C)(C)C(NC)c1nccnc1OC. The molecule has 0 aromatic carbocycles. The van der Waals surface area contributed by atoms with E-state index in [0.29, 0.717) is 12.5 Å². The second-order valence-corrected chi connectivity index (χ2v) is 4.21. The van der Waals surface area contributed by atoms with Crippen LogP contribution in [-0.4, -0.2) is 36.3 Å². The van der Waals surface area contributed by atoms with Crippen molar-refractivity contribution in [3.8, 4) is 5.88 Å². The van der Waals surface area contributed by atoms with Crippen molar-refractivity contribution in [1.82, 2.24) is 15.3 Å². The fraction of sp³-hybridized carbons (Fsp3) is 0.667. The first kappa shape index (κ1) is 13.9. The lowest BCUT2D eigenvalue weighted by Gasteiger charge is -2.33. The summed E-state index contributed by atoms with van der Waals surface area (Å²) >= 11 is 0. The fourth-order valence-corrected chi connectivity index (χ4v) is 1.96. The lowest BCUT2D eigenvalue weighted by molar-refractivity contribution is -0.0390. The van der Waals surface area contributed by atoms with Gasteiger partial charge in [0.2, 0.25) is 5.88 Å². The van der Waals surface area contributed by atoms with Crippen LogP contribution in [0.25, 0.3) is 0 Å². The van der Waals surface area contributed by atoms with Crippen LogP contribution >= 0.6 is 0 Å². The molecule has 0 fully saturated rings. The highest BCUT2D eigenvalue weighted by molar-refractivity contribution is 5.23. The number of aromatic nitrogens is 2. The number of likely N-dealkylation sites (N-methyl/N-ethyl adjacent to an activating group) is 1. The molecule has 5 heteroatoms. The van der Waals surface area contributed by atoms with Crippen LogP contribution in [0.3, 0.4) is 0 Å². The standard InChI is InChI=1S/C12H21N3O2/c1-6-17-12(2,3)10(13-4)9-11(16-5)15-8-7-14-9/h7-8,10,13H,6H2,1-5H3. The highest BCUT2D eigenvalue weighted by atomic mass is 16.5. The van der Waals surface area contributed by atoms with E-state index in [-0.39, 0.29) is 11.6 Å². The van der Waals surface area contributed by atoms with Gasteiger partial charge in [0.15, 0.2) is 0 Å². The maximum absolute atomic E-state index is 5.75. The molecule has 17 heavy (non-hydrogen) atoms. The van der Waals surface area contributed by atoms with Crippen molar-refractivity contribution in [2.45, 2.75) is 32.4 Å². The van der Waals surface area contributed by atoms with Crippen LogP contribution in [0.2, 0.25) is 0 Å². The van der Waals surface area contributed by atoms with E-state index in [1.807, 2.05) is 27.8 Å². The Hall–Kier alpha value is -1.20. The number of ether oxygens (including phenoxy) is 2. The number of nitrogens with one attached hydrogen (secondary N) is 1. The summed E-state index contributed by atoms with van der Waals surface area (Å²) in [5, 5.41) is 3.21. The Bertz CT molecular complexity index is 355. The summed E-state index contributed by atoms with van der Waals surface area (Å²) < 4.78 is 11.0. The molecule has 1 rings (SSSR count). The monoisotopic (exact) mass is 239 g/mol. The maximum atomic E-state index is 5.75. The van der Waals surface area contributed by atoms with E-state index >= 15 is 0 Å². The van der Waals surface area contributed by atoms with Crippen LogP contribution in [0.1, 0.15) is 32.5 Å². The molecule has 0 saturated carbocycles. The molecule has 1 unspecified atom stereocenters. The number of hydrogen-bond acceptors (Lipinski definition) is 5. The Morgan fingerprint density at radius 1 is 1.35 bits per heavy atom. The summed E-state index contributed by atoms with van der Waals surface area (Å²) in [4.78, 5) is 8.50. The van der Waals surface area contributed by atoms with Crippen LogP contribution in [0, 0.1) is 0 Å². The Morgan fingerprint density at radius 3 is 2.53 bits per heavy atom. The van der Waals surface area contributed by atoms with E-state index in [2.05, 4.69) is 15.3 Å². The molecule has 1 N–H and O–H groups in total. The van der Waals surface area contributed by atoms with Gasteiger partial charge in [-0.3, -0.25) is 4.98 Å². The van der Waals surface area contributed by atoms with Crippen LogP contribution in [0.15, 0.2) is 12.4 Å². The Morgan fingerprint density at radius 2 is 2.00 bits per heavy atom. The third-order valence-electron chi connectivity index (χ3n) is 2.66. The van der Waals surface area contributed by atoms with Gasteiger partial charge in [-0.2, -0.15) is 0 Å². The summed E-state index contributed by atoms with van der Waals surface area (Å²) in [6.07, 6.45) is 3.27. The van der Waals surface area contributed by atoms with Gasteiger partial charge in [0.25, 0.3) is 0 Å².